The third-order valence-corrected chi connectivity index (χ3v) is 3.66. The molecule has 0 aromatic heterocycles. The highest BCUT2D eigenvalue weighted by Gasteiger charge is 2.20. The van der Waals surface area contributed by atoms with E-state index in [2.05, 4.69) is 10.3 Å². The van der Waals surface area contributed by atoms with E-state index < -0.39 is 0 Å². The number of hydrogen-bond donors (Lipinski definition) is 1. The van der Waals surface area contributed by atoms with Crippen molar-refractivity contribution >= 4 is 17.8 Å². The van der Waals surface area contributed by atoms with Crippen LogP contribution < -0.4 is 14.8 Å². The third kappa shape index (κ3) is 2.81. The zero-order valence-electron chi connectivity index (χ0n) is 12.3. The fourth-order valence-corrected chi connectivity index (χ4v) is 2.55. The maximum Gasteiger partial charge on any atom is 0.275 e. The molecule has 2 aromatic carbocycles. The first kappa shape index (κ1) is 13.6. The fourth-order valence-electron chi connectivity index (χ4n) is 2.55. The Morgan fingerprint density at radius 3 is 2.78 bits per heavy atom. The highest BCUT2D eigenvalue weighted by atomic mass is 16.7. The zero-order chi connectivity index (χ0) is 15.6. The lowest BCUT2D eigenvalue weighted by atomic mass is 10.1. The van der Waals surface area contributed by atoms with Crippen molar-refractivity contribution in [2.75, 3.05) is 6.79 Å². The van der Waals surface area contributed by atoms with Gasteiger partial charge in [0.1, 0.15) is 11.5 Å². The second kappa shape index (κ2) is 5.61. The van der Waals surface area contributed by atoms with E-state index in [0.29, 0.717) is 23.7 Å². The molecule has 0 radical (unpaired) electrons. The fraction of sp³-hybridized carbons (Fsp3) is 0.111. The van der Waals surface area contributed by atoms with Crippen molar-refractivity contribution in [1.82, 2.24) is 5.32 Å². The van der Waals surface area contributed by atoms with Crippen LogP contribution in [0.25, 0.3) is 6.08 Å². The van der Waals surface area contributed by atoms with Crippen LogP contribution in [-0.4, -0.2) is 18.5 Å². The third-order valence-electron chi connectivity index (χ3n) is 3.66. The molecule has 2 heterocycles. The van der Waals surface area contributed by atoms with Gasteiger partial charge in [-0.1, -0.05) is 36.4 Å². The monoisotopic (exact) mass is 306 g/mol. The van der Waals surface area contributed by atoms with E-state index in [-0.39, 0.29) is 12.7 Å². The number of benzene rings is 2. The number of amides is 1. The van der Waals surface area contributed by atoms with Gasteiger partial charge in [0.15, 0.2) is 11.5 Å². The molecule has 1 amide bonds. The zero-order valence-corrected chi connectivity index (χ0v) is 12.3. The molecule has 23 heavy (non-hydrogen) atoms. The number of hydrogen-bond acceptors (Lipinski definition) is 4. The van der Waals surface area contributed by atoms with E-state index in [1.54, 1.807) is 6.08 Å². The average molecular weight is 306 g/mol. The van der Waals surface area contributed by atoms with Gasteiger partial charge >= 0.3 is 0 Å². The number of nitrogens with one attached hydrogen (secondary N) is 1. The predicted octanol–water partition coefficient (Wildman–Crippen LogP) is 2.53. The molecule has 0 bridgehead atoms. The summed E-state index contributed by atoms with van der Waals surface area (Å²) in [6.07, 6.45) is 2.35. The molecule has 0 saturated heterocycles. The molecule has 5 nitrogen and oxygen atoms in total. The van der Waals surface area contributed by atoms with Crippen LogP contribution in [0.5, 0.6) is 11.5 Å². The number of fused-ring (bicyclic) bond motifs is 1. The van der Waals surface area contributed by atoms with E-state index in [1.807, 2.05) is 48.5 Å². The Bertz CT molecular complexity index is 825. The molecule has 0 saturated carbocycles. The Labute approximate surface area is 133 Å². The lowest BCUT2D eigenvalue weighted by Crippen LogP contribution is -2.25. The molecule has 2 aliphatic heterocycles. The van der Waals surface area contributed by atoms with Gasteiger partial charge in [-0.2, -0.15) is 0 Å². The Hall–Kier alpha value is -3.08. The van der Waals surface area contributed by atoms with E-state index >= 15 is 0 Å². The van der Waals surface area contributed by atoms with E-state index in [4.69, 9.17) is 9.47 Å². The van der Waals surface area contributed by atoms with E-state index in [1.165, 1.54) is 0 Å². The highest BCUT2D eigenvalue weighted by molar-refractivity contribution is 6.14. The Balaban J connectivity index is 1.57. The molecular weight excluding hydrogens is 292 g/mol. The molecule has 4 rings (SSSR count). The Morgan fingerprint density at radius 2 is 1.91 bits per heavy atom. The summed E-state index contributed by atoms with van der Waals surface area (Å²) in [6, 6.07) is 15.5. The summed E-state index contributed by atoms with van der Waals surface area (Å²) in [4.78, 5) is 16.5. The molecule has 2 aromatic rings. The van der Waals surface area contributed by atoms with Gasteiger partial charge in [-0.25, -0.2) is 4.99 Å². The first-order valence-electron chi connectivity index (χ1n) is 7.32. The molecule has 2 aliphatic rings. The minimum Gasteiger partial charge on any atom is -0.454 e. The molecule has 0 aliphatic carbocycles. The maximum absolute atomic E-state index is 12.1. The minimum atomic E-state index is -0.186. The van der Waals surface area contributed by atoms with Crippen LogP contribution in [0.4, 0.5) is 0 Å². The molecule has 114 valence electrons. The number of amidine groups is 1. The summed E-state index contributed by atoms with van der Waals surface area (Å²) < 4.78 is 10.6. The minimum absolute atomic E-state index is 0.186. The molecule has 0 fully saturated rings. The van der Waals surface area contributed by atoms with E-state index in [0.717, 1.165) is 16.9 Å². The van der Waals surface area contributed by atoms with E-state index in [9.17, 15) is 4.79 Å². The normalized spacial score (nSPS) is 17.3. The number of carbonyl (C=O) groups excluding carboxylic acids is 1. The van der Waals surface area contributed by atoms with Crippen LogP contribution in [0.2, 0.25) is 0 Å². The first-order chi connectivity index (χ1) is 11.3. The van der Waals surface area contributed by atoms with Gasteiger partial charge in [0.05, 0.1) is 0 Å². The van der Waals surface area contributed by atoms with Gasteiger partial charge in [-0.05, 0) is 29.3 Å². The molecule has 0 atom stereocenters. The largest absolute Gasteiger partial charge is 0.454 e. The SMILES string of the molecule is O=C1NC(Cc2ccccc2)=N/C1=C/c1ccc2c(c1)OCO2. The van der Waals surface area contributed by atoms with Crippen LogP contribution in [0.1, 0.15) is 11.1 Å². The summed E-state index contributed by atoms with van der Waals surface area (Å²) in [6.45, 7) is 0.231. The highest BCUT2D eigenvalue weighted by Crippen LogP contribution is 2.33. The van der Waals surface area contributed by atoms with Gasteiger partial charge in [0, 0.05) is 6.42 Å². The number of carbonyl (C=O) groups is 1. The second-order valence-electron chi connectivity index (χ2n) is 5.32. The summed E-state index contributed by atoms with van der Waals surface area (Å²) in [5.74, 6) is 1.88. The lowest BCUT2D eigenvalue weighted by Gasteiger charge is -1.99. The van der Waals surface area contributed by atoms with Crippen molar-refractivity contribution in [2.24, 2.45) is 4.99 Å². The number of ether oxygens (including phenoxy) is 2. The molecule has 0 unspecified atom stereocenters. The van der Waals surface area contributed by atoms with Gasteiger partial charge in [-0.3, -0.25) is 4.79 Å². The van der Waals surface area contributed by atoms with Crippen LogP contribution in [-0.2, 0) is 11.2 Å². The van der Waals surface area contributed by atoms with Crippen LogP contribution >= 0.6 is 0 Å². The van der Waals surface area contributed by atoms with Crippen molar-refractivity contribution in [2.45, 2.75) is 6.42 Å². The molecule has 5 heteroatoms. The number of aliphatic imine (C=N–C) groups is 1. The van der Waals surface area contributed by atoms with Crippen LogP contribution in [0, 0.1) is 0 Å². The molecule has 0 spiro atoms. The van der Waals surface area contributed by atoms with Crippen LogP contribution in [0.3, 0.4) is 0 Å². The lowest BCUT2D eigenvalue weighted by molar-refractivity contribution is -0.115. The van der Waals surface area contributed by atoms with Crippen molar-refractivity contribution in [3.8, 4) is 11.5 Å². The standard InChI is InChI=1S/C18H14N2O3/c21-18-14(8-13-6-7-15-16(9-13)23-11-22-15)19-17(20-18)10-12-4-2-1-3-5-12/h1-9H,10-11H2,(H,19,20,21)/b14-8+. The van der Waals surface area contributed by atoms with Gasteiger partial charge in [-0.15, -0.1) is 0 Å². The number of rotatable bonds is 3. The Kier molecular flexibility index (Phi) is 3.31. The van der Waals surface area contributed by atoms with Gasteiger partial charge in [0.25, 0.3) is 5.91 Å². The van der Waals surface area contributed by atoms with Crippen LogP contribution in [0.15, 0.2) is 59.2 Å². The predicted molar refractivity (Wildman–Crippen MR) is 86.3 cm³/mol. The van der Waals surface area contributed by atoms with Crippen molar-refractivity contribution in [3.63, 3.8) is 0 Å². The molecule has 1 N–H and O–H groups in total. The van der Waals surface area contributed by atoms with Gasteiger partial charge < -0.3 is 14.8 Å². The van der Waals surface area contributed by atoms with Crippen molar-refractivity contribution < 1.29 is 14.3 Å². The summed E-state index contributed by atoms with van der Waals surface area (Å²) in [7, 11) is 0. The summed E-state index contributed by atoms with van der Waals surface area (Å²) in [5, 5.41) is 2.81. The summed E-state index contributed by atoms with van der Waals surface area (Å²) in [5.41, 5.74) is 2.36. The average Bonchev–Trinajstić information content (AvgIpc) is 3.15. The quantitative estimate of drug-likeness (QED) is 0.887. The molecular formula is C18H14N2O3. The Morgan fingerprint density at radius 1 is 1.09 bits per heavy atom. The van der Waals surface area contributed by atoms with Crippen molar-refractivity contribution in [1.29, 1.82) is 0 Å². The number of nitrogens with zero attached hydrogens (tertiary/aromatic N) is 1. The second-order valence-corrected chi connectivity index (χ2v) is 5.32. The topological polar surface area (TPSA) is 59.9 Å². The van der Waals surface area contributed by atoms with Gasteiger partial charge in [0.2, 0.25) is 6.79 Å². The smallest absolute Gasteiger partial charge is 0.275 e. The maximum atomic E-state index is 12.1. The summed E-state index contributed by atoms with van der Waals surface area (Å²) >= 11 is 0. The first-order valence-corrected chi connectivity index (χ1v) is 7.32. The van der Waals surface area contributed by atoms with Crippen molar-refractivity contribution in [3.05, 3.63) is 65.4 Å².